The lowest BCUT2D eigenvalue weighted by atomic mass is 9.83. The molecule has 2 atom stereocenters. The average Bonchev–Trinajstić information content (AvgIpc) is 3.08. The molecule has 0 saturated carbocycles. The Morgan fingerprint density at radius 3 is 2.34 bits per heavy atom. The smallest absolute Gasteiger partial charge is 0.126 e. The van der Waals surface area contributed by atoms with Crippen LogP contribution in [-0.2, 0) is 19.5 Å². The van der Waals surface area contributed by atoms with Crippen LogP contribution in [0.25, 0.3) is 0 Å². The third-order valence-corrected chi connectivity index (χ3v) is 8.99. The van der Waals surface area contributed by atoms with Crippen LogP contribution in [0.2, 0.25) is 0 Å². The van der Waals surface area contributed by atoms with Gasteiger partial charge in [0.2, 0.25) is 0 Å². The Morgan fingerprint density at radius 1 is 0.957 bits per heavy atom. The van der Waals surface area contributed by atoms with E-state index in [1.807, 2.05) is 18.0 Å². The van der Waals surface area contributed by atoms with E-state index in [-0.39, 0.29) is 6.04 Å². The topological polar surface area (TPSA) is 89.7 Å². The predicted octanol–water partition coefficient (Wildman–Crippen LogP) is 7.20. The summed E-state index contributed by atoms with van der Waals surface area (Å²) in [6.07, 6.45) is 5.86. The van der Waals surface area contributed by atoms with Crippen LogP contribution in [0.5, 0.6) is 0 Å². The van der Waals surface area contributed by atoms with Crippen molar-refractivity contribution in [1.29, 1.82) is 0 Å². The molecule has 0 spiro atoms. The number of hydrogen-bond acceptors (Lipinski definition) is 7. The molecule has 0 radical (unpaired) electrons. The lowest BCUT2D eigenvalue weighted by molar-refractivity contribution is 0.507. The fraction of sp³-hybridized carbons (Fsp3) is 0.325. The van der Waals surface area contributed by atoms with E-state index < -0.39 is 0 Å². The molecule has 6 N–H and O–H groups in total. The first-order valence-corrected chi connectivity index (χ1v) is 16.6. The summed E-state index contributed by atoms with van der Waals surface area (Å²) in [6.45, 7) is 29.7. The maximum Gasteiger partial charge on any atom is 0.126 e. The van der Waals surface area contributed by atoms with Crippen LogP contribution in [-0.4, -0.2) is 24.2 Å². The van der Waals surface area contributed by atoms with Crippen molar-refractivity contribution in [3.63, 3.8) is 0 Å². The number of aliphatic imine (C=N–C) groups is 1. The number of nitrogens with one attached hydrogen (secondary N) is 4. The minimum atomic E-state index is 0.113. The van der Waals surface area contributed by atoms with Crippen LogP contribution in [0.4, 0.5) is 0 Å². The number of nitrogens with zero attached hydrogens (tertiary/aromatic N) is 2. The zero-order valence-corrected chi connectivity index (χ0v) is 28.8. The highest BCUT2D eigenvalue weighted by Crippen LogP contribution is 2.33. The molecule has 47 heavy (non-hydrogen) atoms. The summed E-state index contributed by atoms with van der Waals surface area (Å²) in [5, 5.41) is 14.0. The molecule has 2 aromatic carbocycles. The van der Waals surface area contributed by atoms with Crippen LogP contribution in [0, 0.1) is 5.92 Å². The maximum atomic E-state index is 6.08. The molecule has 4 rings (SSSR count). The van der Waals surface area contributed by atoms with Gasteiger partial charge in [-0.1, -0.05) is 109 Å². The Labute approximate surface area is 282 Å². The molecule has 0 bridgehead atoms. The molecule has 0 fully saturated rings. The summed E-state index contributed by atoms with van der Waals surface area (Å²) in [5.74, 6) is 0.948. The highest BCUT2D eigenvalue weighted by Gasteiger charge is 2.27. The van der Waals surface area contributed by atoms with Gasteiger partial charge in [0.15, 0.2) is 0 Å². The normalized spacial score (nSPS) is 16.5. The second-order valence-electron chi connectivity index (χ2n) is 12.4. The first-order chi connectivity index (χ1) is 22.5. The Balaban J connectivity index is 1.36. The minimum Gasteiger partial charge on any atom is -0.397 e. The van der Waals surface area contributed by atoms with E-state index in [0.29, 0.717) is 18.3 Å². The lowest BCUT2D eigenvalue weighted by Gasteiger charge is -2.32. The van der Waals surface area contributed by atoms with Gasteiger partial charge >= 0.3 is 0 Å². The molecular formula is C40H53N7. The van der Waals surface area contributed by atoms with E-state index >= 15 is 0 Å². The first kappa shape index (κ1) is 35.0. The minimum absolute atomic E-state index is 0.113. The van der Waals surface area contributed by atoms with Crippen LogP contribution in [0.15, 0.2) is 138 Å². The van der Waals surface area contributed by atoms with E-state index in [2.05, 4.69) is 123 Å². The Kier molecular flexibility index (Phi) is 12.0. The quantitative estimate of drug-likeness (QED) is 0.120. The fourth-order valence-electron chi connectivity index (χ4n) is 5.69. The van der Waals surface area contributed by atoms with Crippen molar-refractivity contribution in [2.75, 3.05) is 13.6 Å². The fourth-order valence-corrected chi connectivity index (χ4v) is 5.69. The van der Waals surface area contributed by atoms with Gasteiger partial charge in [-0.3, -0.25) is 0 Å². The number of nitrogens with two attached hydrogens (primary N) is 1. The number of benzene rings is 2. The van der Waals surface area contributed by atoms with Crippen molar-refractivity contribution in [2.24, 2.45) is 16.6 Å². The molecule has 1 unspecified atom stereocenters. The van der Waals surface area contributed by atoms with Crippen LogP contribution in [0.1, 0.15) is 68.3 Å². The van der Waals surface area contributed by atoms with E-state index in [9.17, 15) is 0 Å². The zero-order chi connectivity index (χ0) is 34.1. The molecule has 1 heterocycles. The first-order valence-electron chi connectivity index (χ1n) is 16.6. The highest BCUT2D eigenvalue weighted by atomic mass is 15.2. The number of hydrogen-bond donors (Lipinski definition) is 5. The monoisotopic (exact) mass is 631 g/mol. The molecule has 7 heteroatoms. The van der Waals surface area contributed by atoms with Gasteiger partial charge in [-0.05, 0) is 53.2 Å². The van der Waals surface area contributed by atoms with Gasteiger partial charge in [0.25, 0.3) is 0 Å². The number of allylic oxidation sites excluding steroid dienone is 4. The summed E-state index contributed by atoms with van der Waals surface area (Å²) in [6, 6.07) is 17.5. The van der Waals surface area contributed by atoms with Crippen molar-refractivity contribution in [3.8, 4) is 0 Å². The van der Waals surface area contributed by atoms with Crippen molar-refractivity contribution < 1.29 is 0 Å². The van der Waals surface area contributed by atoms with Crippen LogP contribution < -0.4 is 27.0 Å². The SMILES string of the molecule is C=C(CC)NCc1ccc([C@H](CCC)NC(=C)C2=NC(=C)N(C)C(C(=C)NCc3cccc(CCNC4=C(N)C(=C)C4C)c3)=C2)cc1. The molecule has 2 aromatic rings. The Hall–Kier alpha value is -4.91. The molecule has 7 nitrogen and oxygen atoms in total. The molecular weight excluding hydrogens is 578 g/mol. The van der Waals surface area contributed by atoms with E-state index in [1.165, 1.54) is 22.3 Å². The lowest BCUT2D eigenvalue weighted by Crippen LogP contribution is -2.34. The van der Waals surface area contributed by atoms with Crippen molar-refractivity contribution in [2.45, 2.75) is 65.6 Å². The van der Waals surface area contributed by atoms with Gasteiger partial charge in [0, 0.05) is 44.0 Å². The Morgan fingerprint density at radius 2 is 1.66 bits per heavy atom. The van der Waals surface area contributed by atoms with Crippen LogP contribution >= 0.6 is 0 Å². The average molecular weight is 632 g/mol. The summed E-state index contributed by atoms with van der Waals surface area (Å²) >= 11 is 0. The second-order valence-corrected chi connectivity index (χ2v) is 12.4. The van der Waals surface area contributed by atoms with Gasteiger partial charge in [-0.25, -0.2) is 4.99 Å². The van der Waals surface area contributed by atoms with Crippen molar-refractivity contribution in [3.05, 3.63) is 155 Å². The second kappa shape index (κ2) is 16.1. The van der Waals surface area contributed by atoms with E-state index in [0.717, 1.165) is 84.2 Å². The molecule has 2 aliphatic rings. The maximum absolute atomic E-state index is 6.08. The van der Waals surface area contributed by atoms with Crippen molar-refractivity contribution >= 4 is 5.71 Å². The summed E-state index contributed by atoms with van der Waals surface area (Å²) in [4.78, 5) is 6.72. The summed E-state index contributed by atoms with van der Waals surface area (Å²) < 4.78 is 0. The molecule has 0 saturated heterocycles. The highest BCUT2D eigenvalue weighted by molar-refractivity contribution is 6.09. The molecule has 0 amide bonds. The summed E-state index contributed by atoms with van der Waals surface area (Å²) in [7, 11) is 1.96. The van der Waals surface area contributed by atoms with Gasteiger partial charge in [0.05, 0.1) is 34.5 Å². The van der Waals surface area contributed by atoms with E-state index in [1.54, 1.807) is 0 Å². The van der Waals surface area contributed by atoms with Gasteiger partial charge in [-0.2, -0.15) is 0 Å². The molecule has 0 aromatic heterocycles. The molecule has 1 aliphatic carbocycles. The van der Waals surface area contributed by atoms with E-state index in [4.69, 9.17) is 10.7 Å². The van der Waals surface area contributed by atoms with Gasteiger partial charge < -0.3 is 31.9 Å². The largest absolute Gasteiger partial charge is 0.397 e. The predicted molar refractivity (Wildman–Crippen MR) is 199 cm³/mol. The molecule has 248 valence electrons. The summed E-state index contributed by atoms with van der Waals surface area (Å²) in [5.41, 5.74) is 18.2. The van der Waals surface area contributed by atoms with Gasteiger partial charge in [-0.15, -0.1) is 0 Å². The Bertz CT molecular complexity index is 1610. The number of rotatable bonds is 18. The zero-order valence-electron chi connectivity index (χ0n) is 28.8. The van der Waals surface area contributed by atoms with Crippen LogP contribution in [0.3, 0.4) is 0 Å². The molecule has 1 aliphatic heterocycles. The third-order valence-electron chi connectivity index (χ3n) is 8.99. The standard InChI is InChI=1S/C40H53N7/c1-10-13-36(35-18-16-33(17-19-35)24-43-26(3)11-2)45-29(6)37-23-38(47(9)31(8)46-37)30(7)44-25-34-15-12-14-32(22-34)20-21-42-40-28(5)27(4)39(40)41/h12,14-19,22-23,28,36,42-45H,3-4,6-8,10-11,13,20-21,24-25,41H2,1-2,5,9H3/t28?,36-/m0/s1. The number of likely N-dealkylation sites (N-methyl/N-ethyl adjacent to an activating group) is 1. The van der Waals surface area contributed by atoms with Crippen molar-refractivity contribution in [1.82, 2.24) is 26.2 Å². The third kappa shape index (κ3) is 8.88. The van der Waals surface area contributed by atoms with Gasteiger partial charge in [0.1, 0.15) is 5.82 Å².